The third-order valence-corrected chi connectivity index (χ3v) is 3.20. The van der Waals surface area contributed by atoms with Gasteiger partial charge in [-0.15, -0.1) is 0 Å². The molecule has 4 nitrogen and oxygen atoms in total. The van der Waals surface area contributed by atoms with Gasteiger partial charge >= 0.3 is 0 Å². The first-order valence-electron chi connectivity index (χ1n) is 5.63. The van der Waals surface area contributed by atoms with Gasteiger partial charge in [0.1, 0.15) is 5.82 Å². The topological polar surface area (TPSA) is 50.7 Å². The molecule has 0 saturated heterocycles. The Balaban J connectivity index is 2.24. The minimum atomic E-state index is 0.649. The van der Waals surface area contributed by atoms with Crippen molar-refractivity contribution in [3.63, 3.8) is 0 Å². The van der Waals surface area contributed by atoms with E-state index in [0.717, 1.165) is 32.2 Å². The monoisotopic (exact) mass is 302 g/mol. The summed E-state index contributed by atoms with van der Waals surface area (Å²) in [5.41, 5.74) is 1.69. The van der Waals surface area contributed by atoms with Crippen molar-refractivity contribution in [2.45, 2.75) is 6.54 Å². The lowest BCUT2D eigenvalue weighted by Gasteiger charge is -2.03. The van der Waals surface area contributed by atoms with Crippen LogP contribution in [0.2, 0.25) is 0 Å². The van der Waals surface area contributed by atoms with Gasteiger partial charge < -0.3 is 5.32 Å². The van der Waals surface area contributed by atoms with Gasteiger partial charge in [-0.2, -0.15) is 0 Å². The number of hydrogen-bond donors (Lipinski definition) is 1. The molecule has 0 aliphatic heterocycles. The number of halogens is 1. The molecule has 5 heteroatoms. The van der Waals surface area contributed by atoms with Crippen molar-refractivity contribution >= 4 is 37.9 Å². The standard InChI is InChI=1S/C13H11BrN4/c1-15-7-12-16-6-9-4-8-5-10(14)2-3-11(8)17-13(9)18-12/h2-6,15H,7H2,1H3. The maximum absolute atomic E-state index is 4.56. The van der Waals surface area contributed by atoms with E-state index in [0.29, 0.717) is 6.54 Å². The first kappa shape index (κ1) is 11.5. The summed E-state index contributed by atoms with van der Waals surface area (Å²) in [7, 11) is 1.87. The molecule has 0 bridgehead atoms. The molecule has 0 radical (unpaired) electrons. The molecule has 0 amide bonds. The molecule has 1 aromatic carbocycles. The number of nitrogens with one attached hydrogen (secondary N) is 1. The molecule has 2 aromatic heterocycles. The highest BCUT2D eigenvalue weighted by atomic mass is 79.9. The summed E-state index contributed by atoms with van der Waals surface area (Å²) in [5.74, 6) is 0.758. The van der Waals surface area contributed by atoms with E-state index in [-0.39, 0.29) is 0 Å². The lowest BCUT2D eigenvalue weighted by Crippen LogP contribution is -2.09. The summed E-state index contributed by atoms with van der Waals surface area (Å²) in [6, 6.07) is 8.07. The van der Waals surface area contributed by atoms with E-state index in [2.05, 4.69) is 42.3 Å². The number of nitrogens with zero attached hydrogens (tertiary/aromatic N) is 3. The van der Waals surface area contributed by atoms with Crippen LogP contribution in [0.3, 0.4) is 0 Å². The number of hydrogen-bond acceptors (Lipinski definition) is 4. The van der Waals surface area contributed by atoms with E-state index in [1.807, 2.05) is 31.4 Å². The van der Waals surface area contributed by atoms with Crippen LogP contribution in [-0.4, -0.2) is 22.0 Å². The average Bonchev–Trinajstić information content (AvgIpc) is 2.37. The average molecular weight is 303 g/mol. The molecule has 2 heterocycles. The number of fused-ring (bicyclic) bond motifs is 2. The van der Waals surface area contributed by atoms with Gasteiger partial charge in [0.05, 0.1) is 12.1 Å². The lowest BCUT2D eigenvalue weighted by molar-refractivity contribution is 0.763. The molecule has 3 aromatic rings. The van der Waals surface area contributed by atoms with Crippen molar-refractivity contribution in [3.05, 3.63) is 40.8 Å². The molecule has 0 aliphatic rings. The van der Waals surface area contributed by atoms with Crippen molar-refractivity contribution in [2.75, 3.05) is 7.05 Å². The number of aromatic nitrogens is 3. The Hall–Kier alpha value is -1.59. The van der Waals surface area contributed by atoms with Crippen LogP contribution in [0, 0.1) is 0 Å². The summed E-state index contributed by atoms with van der Waals surface area (Å²) in [6.45, 7) is 0.649. The van der Waals surface area contributed by atoms with E-state index in [1.165, 1.54) is 0 Å². The van der Waals surface area contributed by atoms with Crippen molar-refractivity contribution in [2.24, 2.45) is 0 Å². The molecule has 0 saturated carbocycles. The highest BCUT2D eigenvalue weighted by Crippen LogP contribution is 2.21. The second-order valence-corrected chi connectivity index (χ2v) is 4.97. The largest absolute Gasteiger partial charge is 0.313 e. The van der Waals surface area contributed by atoms with Crippen molar-refractivity contribution in [1.82, 2.24) is 20.3 Å². The van der Waals surface area contributed by atoms with Crippen molar-refractivity contribution < 1.29 is 0 Å². The summed E-state index contributed by atoms with van der Waals surface area (Å²) in [4.78, 5) is 13.3. The van der Waals surface area contributed by atoms with E-state index in [9.17, 15) is 0 Å². The Bertz CT molecular complexity index is 727. The molecule has 18 heavy (non-hydrogen) atoms. The van der Waals surface area contributed by atoms with Gasteiger partial charge in [0.2, 0.25) is 0 Å². The van der Waals surface area contributed by atoms with Crippen LogP contribution >= 0.6 is 15.9 Å². The molecule has 0 fully saturated rings. The van der Waals surface area contributed by atoms with Gasteiger partial charge in [0.15, 0.2) is 5.65 Å². The fourth-order valence-corrected chi connectivity index (χ4v) is 2.26. The van der Waals surface area contributed by atoms with Gasteiger partial charge in [0.25, 0.3) is 0 Å². The SMILES string of the molecule is CNCc1ncc2cc3cc(Br)ccc3nc2n1. The zero-order chi connectivity index (χ0) is 12.5. The van der Waals surface area contributed by atoms with Crippen LogP contribution in [0.5, 0.6) is 0 Å². The van der Waals surface area contributed by atoms with E-state index >= 15 is 0 Å². The third kappa shape index (κ3) is 2.07. The van der Waals surface area contributed by atoms with Crippen LogP contribution in [0.1, 0.15) is 5.82 Å². The third-order valence-electron chi connectivity index (χ3n) is 2.71. The highest BCUT2D eigenvalue weighted by Gasteiger charge is 2.03. The summed E-state index contributed by atoms with van der Waals surface area (Å²) in [5, 5.41) is 5.08. The Morgan fingerprint density at radius 2 is 2.06 bits per heavy atom. The lowest BCUT2D eigenvalue weighted by atomic mass is 10.2. The van der Waals surface area contributed by atoms with Gasteiger partial charge in [0, 0.05) is 21.4 Å². The van der Waals surface area contributed by atoms with Gasteiger partial charge in [-0.25, -0.2) is 15.0 Å². The van der Waals surface area contributed by atoms with Gasteiger partial charge in [-0.1, -0.05) is 15.9 Å². The maximum atomic E-state index is 4.56. The molecule has 0 unspecified atom stereocenters. The number of rotatable bonds is 2. The minimum absolute atomic E-state index is 0.649. The highest BCUT2D eigenvalue weighted by molar-refractivity contribution is 9.10. The van der Waals surface area contributed by atoms with E-state index in [1.54, 1.807) is 0 Å². The second-order valence-electron chi connectivity index (χ2n) is 4.05. The summed E-state index contributed by atoms with van der Waals surface area (Å²) in [6.07, 6.45) is 1.82. The Labute approximate surface area is 113 Å². The van der Waals surface area contributed by atoms with Crippen LogP contribution in [-0.2, 0) is 6.54 Å². The van der Waals surface area contributed by atoms with Crippen LogP contribution in [0.15, 0.2) is 34.9 Å². The first-order chi connectivity index (χ1) is 8.76. The normalized spacial score (nSPS) is 11.2. The predicted molar refractivity (Wildman–Crippen MR) is 75.3 cm³/mol. The smallest absolute Gasteiger partial charge is 0.163 e. The van der Waals surface area contributed by atoms with Crippen LogP contribution < -0.4 is 5.32 Å². The van der Waals surface area contributed by atoms with Gasteiger partial charge in [-0.05, 0) is 31.3 Å². The van der Waals surface area contributed by atoms with E-state index < -0.39 is 0 Å². The molecule has 0 atom stereocenters. The quantitative estimate of drug-likeness (QED) is 0.740. The molecule has 0 aliphatic carbocycles. The van der Waals surface area contributed by atoms with Gasteiger partial charge in [-0.3, -0.25) is 0 Å². The molecular formula is C13H11BrN4. The number of pyridine rings is 1. The van der Waals surface area contributed by atoms with E-state index in [4.69, 9.17) is 0 Å². The molecule has 0 spiro atoms. The van der Waals surface area contributed by atoms with Crippen molar-refractivity contribution in [3.8, 4) is 0 Å². The Kier molecular flexibility index (Phi) is 2.93. The minimum Gasteiger partial charge on any atom is -0.313 e. The molecule has 1 N–H and O–H groups in total. The Morgan fingerprint density at radius 1 is 1.17 bits per heavy atom. The fraction of sp³-hybridized carbons (Fsp3) is 0.154. The maximum Gasteiger partial charge on any atom is 0.163 e. The molecule has 90 valence electrons. The summed E-state index contributed by atoms with van der Waals surface area (Å²) >= 11 is 3.46. The zero-order valence-corrected chi connectivity index (χ0v) is 11.4. The summed E-state index contributed by atoms with van der Waals surface area (Å²) < 4.78 is 1.05. The second kappa shape index (κ2) is 4.59. The zero-order valence-electron chi connectivity index (χ0n) is 9.81. The predicted octanol–water partition coefficient (Wildman–Crippen LogP) is 2.66. The molecular weight excluding hydrogens is 292 g/mol. The van der Waals surface area contributed by atoms with Crippen molar-refractivity contribution in [1.29, 1.82) is 0 Å². The Morgan fingerprint density at radius 3 is 2.89 bits per heavy atom. The van der Waals surface area contributed by atoms with Crippen LogP contribution in [0.4, 0.5) is 0 Å². The van der Waals surface area contributed by atoms with Crippen LogP contribution in [0.25, 0.3) is 21.9 Å². The fourth-order valence-electron chi connectivity index (χ4n) is 1.88. The number of benzene rings is 1. The molecule has 3 rings (SSSR count). The first-order valence-corrected chi connectivity index (χ1v) is 6.42.